The van der Waals surface area contributed by atoms with Crippen molar-refractivity contribution < 1.29 is 22.7 Å². The van der Waals surface area contributed by atoms with Crippen LogP contribution >= 0.6 is 27.5 Å². The van der Waals surface area contributed by atoms with E-state index in [4.69, 9.17) is 11.6 Å². The van der Waals surface area contributed by atoms with Crippen molar-refractivity contribution in [3.8, 4) is 11.4 Å². The number of carbonyl (C=O) groups is 1. The fourth-order valence-electron chi connectivity index (χ4n) is 1.62. The van der Waals surface area contributed by atoms with Gasteiger partial charge in [0.1, 0.15) is 10.4 Å². The van der Waals surface area contributed by atoms with Crippen LogP contribution in [0.5, 0.6) is 0 Å². The molecule has 4 nitrogen and oxygen atoms in total. The fraction of sp³-hybridized carbons (Fsp3) is 0.167. The number of aromatic nitrogens is 2. The second kappa shape index (κ2) is 5.69. The number of hydrogen-bond donors (Lipinski definition) is 1. The molecule has 1 aromatic heterocycles. The first-order valence-corrected chi connectivity index (χ1v) is 6.62. The molecule has 0 amide bonds. The van der Waals surface area contributed by atoms with Gasteiger partial charge in [0.15, 0.2) is 5.69 Å². The molecule has 0 fully saturated rings. The predicted octanol–water partition coefficient (Wildman–Crippen LogP) is 4.30. The summed E-state index contributed by atoms with van der Waals surface area (Å²) in [4.78, 5) is 17.2. The third kappa shape index (κ3) is 3.21. The molecule has 0 aliphatic rings. The maximum atomic E-state index is 12.7. The van der Waals surface area contributed by atoms with Gasteiger partial charge in [-0.3, -0.25) is 0 Å². The molecule has 0 saturated heterocycles. The molecule has 0 spiro atoms. The topological polar surface area (TPSA) is 55.0 Å². The Kier molecular flexibility index (Phi) is 4.29. The largest absolute Gasteiger partial charge is 0.465 e. The first-order chi connectivity index (χ1) is 9.74. The van der Waals surface area contributed by atoms with Crippen molar-refractivity contribution in [1.82, 2.24) is 9.97 Å². The minimum absolute atomic E-state index is 0.0596. The van der Waals surface area contributed by atoms with Gasteiger partial charge in [0, 0.05) is 5.56 Å². The minimum atomic E-state index is -4.57. The molecule has 1 heterocycles. The van der Waals surface area contributed by atoms with Gasteiger partial charge in [-0.25, -0.2) is 9.78 Å². The molecule has 9 heteroatoms. The van der Waals surface area contributed by atoms with Gasteiger partial charge in [0.2, 0.25) is 0 Å². The Morgan fingerprint density at radius 1 is 1.43 bits per heavy atom. The lowest BCUT2D eigenvalue weighted by atomic mass is 10.1. The summed E-state index contributed by atoms with van der Waals surface area (Å²) in [5, 5.41) is 0.0767. The monoisotopic (exact) mass is 382 g/mol. The lowest BCUT2D eigenvalue weighted by molar-refractivity contribution is -0.141. The van der Waals surface area contributed by atoms with E-state index in [0.29, 0.717) is 0 Å². The zero-order valence-electron chi connectivity index (χ0n) is 10.4. The van der Waals surface area contributed by atoms with E-state index in [1.165, 1.54) is 25.3 Å². The molecule has 0 bridgehead atoms. The predicted molar refractivity (Wildman–Crippen MR) is 73.1 cm³/mol. The zero-order chi connectivity index (χ0) is 15.8. The zero-order valence-corrected chi connectivity index (χ0v) is 12.7. The number of nitrogens with zero attached hydrogens (tertiary/aromatic N) is 1. The van der Waals surface area contributed by atoms with Gasteiger partial charge in [-0.2, -0.15) is 13.2 Å². The minimum Gasteiger partial charge on any atom is -0.465 e. The van der Waals surface area contributed by atoms with Crippen molar-refractivity contribution in [3.05, 3.63) is 39.1 Å². The van der Waals surface area contributed by atoms with E-state index in [1.807, 2.05) is 0 Å². The molecule has 21 heavy (non-hydrogen) atoms. The summed E-state index contributed by atoms with van der Waals surface area (Å²) in [5.74, 6) is -0.657. The standard InChI is InChI=1S/C12H7BrClF3N2O2/c1-21-11(20)5-2-3-6(7(14)4-5)10-18-8(9(13)19-10)12(15,16)17/h2-4H,1H3,(H,18,19). The number of alkyl halides is 3. The smallest absolute Gasteiger partial charge is 0.433 e. The summed E-state index contributed by atoms with van der Waals surface area (Å²) >= 11 is 8.72. The van der Waals surface area contributed by atoms with Crippen molar-refractivity contribution in [2.45, 2.75) is 6.18 Å². The summed E-state index contributed by atoms with van der Waals surface area (Å²) in [5.41, 5.74) is -0.584. The molecular weight excluding hydrogens is 376 g/mol. The highest BCUT2D eigenvalue weighted by molar-refractivity contribution is 9.10. The van der Waals surface area contributed by atoms with Crippen LogP contribution in [0.25, 0.3) is 11.4 Å². The molecule has 1 aromatic carbocycles. The normalized spacial score (nSPS) is 11.5. The Labute approximate surface area is 130 Å². The fourth-order valence-corrected chi connectivity index (χ4v) is 2.39. The third-order valence-corrected chi connectivity index (χ3v) is 3.47. The molecule has 0 radical (unpaired) electrons. The first-order valence-electron chi connectivity index (χ1n) is 5.45. The highest BCUT2D eigenvalue weighted by Gasteiger charge is 2.36. The van der Waals surface area contributed by atoms with E-state index >= 15 is 0 Å². The second-order valence-electron chi connectivity index (χ2n) is 3.94. The van der Waals surface area contributed by atoms with Crippen LogP contribution in [0.4, 0.5) is 13.2 Å². The summed E-state index contributed by atoms with van der Waals surface area (Å²) in [6, 6.07) is 4.07. The maximum absolute atomic E-state index is 12.7. The van der Waals surface area contributed by atoms with Crippen LogP contribution in [0, 0.1) is 0 Å². The van der Waals surface area contributed by atoms with Crippen LogP contribution in [-0.4, -0.2) is 23.0 Å². The van der Waals surface area contributed by atoms with Gasteiger partial charge in [-0.05, 0) is 34.1 Å². The Morgan fingerprint density at radius 3 is 2.57 bits per heavy atom. The number of imidazole rings is 1. The van der Waals surface area contributed by atoms with Crippen LogP contribution in [0.15, 0.2) is 22.8 Å². The number of aromatic amines is 1. The number of nitrogens with one attached hydrogen (secondary N) is 1. The number of ether oxygens (including phenoxy) is 1. The maximum Gasteiger partial charge on any atom is 0.433 e. The van der Waals surface area contributed by atoms with Gasteiger partial charge >= 0.3 is 12.1 Å². The van der Waals surface area contributed by atoms with Gasteiger partial charge in [-0.15, -0.1) is 0 Å². The van der Waals surface area contributed by atoms with E-state index in [1.54, 1.807) is 0 Å². The molecule has 0 unspecified atom stereocenters. The lowest BCUT2D eigenvalue weighted by Crippen LogP contribution is -2.06. The molecular formula is C12H7BrClF3N2O2. The van der Waals surface area contributed by atoms with Crippen molar-refractivity contribution in [1.29, 1.82) is 0 Å². The summed E-state index contributed by atoms with van der Waals surface area (Å²) in [7, 11) is 1.21. The van der Waals surface area contributed by atoms with Crippen LogP contribution in [0.1, 0.15) is 16.1 Å². The van der Waals surface area contributed by atoms with E-state index in [2.05, 4.69) is 30.6 Å². The highest BCUT2D eigenvalue weighted by atomic mass is 79.9. The summed E-state index contributed by atoms with van der Waals surface area (Å²) < 4.78 is 42.3. The number of H-pyrrole nitrogens is 1. The molecule has 2 aromatic rings. The lowest BCUT2D eigenvalue weighted by Gasteiger charge is -2.05. The van der Waals surface area contributed by atoms with Crippen LogP contribution in [-0.2, 0) is 10.9 Å². The number of hydrogen-bond acceptors (Lipinski definition) is 3. The first kappa shape index (κ1) is 15.8. The highest BCUT2D eigenvalue weighted by Crippen LogP contribution is 2.36. The Bertz CT molecular complexity index is 700. The molecule has 1 N–H and O–H groups in total. The molecule has 0 aliphatic heterocycles. The van der Waals surface area contributed by atoms with Crippen LogP contribution in [0.3, 0.4) is 0 Å². The SMILES string of the molecule is COC(=O)c1ccc(-c2nc(Br)c(C(F)(F)F)[nH]2)c(Cl)c1. The molecule has 0 saturated carbocycles. The van der Waals surface area contributed by atoms with Crippen molar-refractivity contribution in [2.75, 3.05) is 7.11 Å². The van der Waals surface area contributed by atoms with E-state index < -0.39 is 17.8 Å². The quantitative estimate of drug-likeness (QED) is 0.787. The number of esters is 1. The molecule has 0 atom stereocenters. The Balaban J connectivity index is 2.46. The van der Waals surface area contributed by atoms with E-state index in [-0.39, 0.29) is 26.6 Å². The molecule has 112 valence electrons. The second-order valence-corrected chi connectivity index (χ2v) is 5.09. The van der Waals surface area contributed by atoms with Crippen molar-refractivity contribution >= 4 is 33.5 Å². The Morgan fingerprint density at radius 2 is 2.10 bits per heavy atom. The Hall–Kier alpha value is -1.54. The van der Waals surface area contributed by atoms with Crippen molar-refractivity contribution in [2.24, 2.45) is 0 Å². The van der Waals surface area contributed by atoms with Gasteiger partial charge in [0.05, 0.1) is 17.7 Å². The van der Waals surface area contributed by atoms with Crippen LogP contribution < -0.4 is 0 Å². The summed E-state index contributed by atoms with van der Waals surface area (Å²) in [6.45, 7) is 0. The average Bonchev–Trinajstić information content (AvgIpc) is 2.79. The molecule has 0 aliphatic carbocycles. The number of benzene rings is 1. The molecule has 2 rings (SSSR count). The average molecular weight is 384 g/mol. The van der Waals surface area contributed by atoms with Gasteiger partial charge in [0.25, 0.3) is 0 Å². The number of carbonyl (C=O) groups excluding carboxylic acids is 1. The summed E-state index contributed by atoms with van der Waals surface area (Å²) in [6.07, 6.45) is -4.57. The van der Waals surface area contributed by atoms with Gasteiger partial charge < -0.3 is 9.72 Å². The number of rotatable bonds is 2. The van der Waals surface area contributed by atoms with Crippen molar-refractivity contribution in [3.63, 3.8) is 0 Å². The van der Waals surface area contributed by atoms with E-state index in [9.17, 15) is 18.0 Å². The van der Waals surface area contributed by atoms with E-state index in [0.717, 1.165) is 0 Å². The van der Waals surface area contributed by atoms with Gasteiger partial charge in [-0.1, -0.05) is 11.6 Å². The number of halogens is 5. The number of methoxy groups -OCH3 is 1. The van der Waals surface area contributed by atoms with Crippen LogP contribution in [0.2, 0.25) is 5.02 Å². The third-order valence-electron chi connectivity index (χ3n) is 2.59.